The maximum atomic E-state index is 13.8. The molecule has 56 heteroatoms. The molecule has 9 saturated heterocycles. The van der Waals surface area contributed by atoms with Crippen molar-refractivity contribution in [3.8, 4) is 0 Å². The van der Waals surface area contributed by atoms with Gasteiger partial charge in [-0.15, -0.1) is 0 Å². The molecular weight excluding hydrogens is 1790 g/mol. The van der Waals surface area contributed by atoms with Gasteiger partial charge in [-0.1, -0.05) is 6.42 Å². The van der Waals surface area contributed by atoms with Gasteiger partial charge in [-0.25, -0.2) is 9.59 Å². The van der Waals surface area contributed by atoms with E-state index >= 15 is 0 Å². The third kappa shape index (κ3) is 25.2. The third-order valence-corrected chi connectivity index (χ3v) is 23.7. The highest BCUT2D eigenvalue weighted by molar-refractivity contribution is 5.78. The topological polar surface area (TPSA) is 869 Å². The molecule has 0 aromatic carbocycles. The van der Waals surface area contributed by atoms with Crippen LogP contribution in [0.25, 0.3) is 0 Å². The van der Waals surface area contributed by atoms with Crippen LogP contribution >= 0.6 is 0 Å². The number of carbonyl (C=O) groups excluding carboxylic acids is 5. The van der Waals surface area contributed by atoms with Gasteiger partial charge in [0.15, 0.2) is 44.0 Å². The zero-order valence-electron chi connectivity index (χ0n) is 71.6. The Hall–Kier alpha value is -5.39. The molecule has 47 atom stereocenters. The van der Waals surface area contributed by atoms with Crippen LogP contribution in [0.5, 0.6) is 0 Å². The summed E-state index contributed by atoms with van der Waals surface area (Å²) in [5.41, 5.74) is 0. The zero-order chi connectivity index (χ0) is 97.2. The molecule has 0 aromatic heterocycles. The van der Waals surface area contributed by atoms with Crippen molar-refractivity contribution in [2.75, 3.05) is 60.0 Å². The number of carboxylic acid groups (broad SMARTS) is 2. The first-order chi connectivity index (χ1) is 61.7. The number of aliphatic carboxylic acids is 2. The molecule has 131 heavy (non-hydrogen) atoms. The number of nitrogens with one attached hydrogen (secondary N) is 4. The van der Waals surface area contributed by atoms with Gasteiger partial charge < -0.3 is 244 Å². The predicted molar refractivity (Wildman–Crippen MR) is 409 cm³/mol. The van der Waals surface area contributed by atoms with E-state index in [1.165, 1.54) is 13.8 Å². The standard InChI is InChI=1S/C75H124N4O52/c1-22-42(95)48(101)51(104)68(116-22)126-61-40(78-26(5)88)65(120-34(19-84)57(61)124-70-54(107)63(46(99)32(17-82)118-70)130-74(72(109)110)13-28(90)38(76-24(3)86)59(128-74)44(97)30(92)15-80)115-21-36-56(50(103)53(106)67(122-36)114-12-10-8-9-11-37(94)113-7)123-66-41(79-27(6)89)62(127-69-52(105)49(102)43(96)23(2)117-69)58(35(20-85)121-66)125-71-55(108)64(47(100)33(18-83)119-71)131-75(73(111)112)14-29(91)39(77-25(4)87)60(129-75)45(98)31(93)16-81/h22-23,28-36,38-71,80-85,90-93,95-108H,8-21H2,1-7H3,(H,76,86)(H,77,87)(H,78,88)(H,79,89)(H,109,110)(H,111,112)/t22-,23-,28-,29-,30+,31+,32+,33+,34+,35+,36+,38+,39+,40+,41+,42+,43+,44+,45+,46-,47-,48+,49+,50+,51-,52-,53+,54+,55+,56-,57+,58+,59+,60+,61+,62+,63-,64-,65+,66-,67+,68-,69-,70-,71-,74-,75-/m0/s1. The normalized spacial score (nSPS) is 44.4. The Labute approximate surface area is 744 Å². The number of carbonyl (C=O) groups is 7. The summed E-state index contributed by atoms with van der Waals surface area (Å²) < 4.78 is 115. The average Bonchev–Trinajstić information content (AvgIpc) is 1.56. The summed E-state index contributed by atoms with van der Waals surface area (Å²) in [4.78, 5) is 91.4. The monoisotopic (exact) mass is 1910 g/mol. The Morgan fingerprint density at radius 2 is 0.718 bits per heavy atom. The van der Waals surface area contributed by atoms with Crippen LogP contribution in [-0.4, -0.2) is 522 Å². The van der Waals surface area contributed by atoms with Crippen LogP contribution in [0.3, 0.4) is 0 Å². The van der Waals surface area contributed by atoms with E-state index in [4.69, 9.17) is 90.0 Å². The van der Waals surface area contributed by atoms with E-state index in [0.29, 0.717) is 0 Å². The second-order valence-corrected chi connectivity index (χ2v) is 33.2. The Balaban J connectivity index is 1.10. The molecule has 0 aromatic rings. The van der Waals surface area contributed by atoms with Crippen LogP contribution in [0.4, 0.5) is 0 Å². The molecule has 0 spiro atoms. The van der Waals surface area contributed by atoms with Crippen LogP contribution in [0.15, 0.2) is 0 Å². The molecular formula is C75H124N4O52. The summed E-state index contributed by atoms with van der Waals surface area (Å²) >= 11 is 0. The van der Waals surface area contributed by atoms with Crippen LogP contribution in [0.2, 0.25) is 0 Å². The van der Waals surface area contributed by atoms with Crippen molar-refractivity contribution in [1.29, 1.82) is 0 Å². The summed E-state index contributed by atoms with van der Waals surface area (Å²) in [6.45, 7) is -3.07. The number of aliphatic hydroxyl groups excluding tert-OH is 24. The second kappa shape index (κ2) is 47.8. The lowest BCUT2D eigenvalue weighted by Gasteiger charge is -2.52. The van der Waals surface area contributed by atoms with Crippen molar-refractivity contribution in [2.45, 2.75) is 367 Å². The van der Waals surface area contributed by atoms with Crippen molar-refractivity contribution >= 4 is 41.5 Å². The summed E-state index contributed by atoms with van der Waals surface area (Å²) in [6.07, 6.45) is -92.2. The van der Waals surface area contributed by atoms with E-state index in [-0.39, 0.29) is 32.3 Å². The van der Waals surface area contributed by atoms with E-state index < -0.39 is 388 Å². The number of hydrogen-bond acceptors (Lipinski definition) is 50. The van der Waals surface area contributed by atoms with Crippen molar-refractivity contribution in [1.82, 2.24) is 21.3 Å². The number of rotatable bonds is 40. The molecule has 9 aliphatic rings. The fourth-order valence-corrected chi connectivity index (χ4v) is 16.7. The van der Waals surface area contributed by atoms with Gasteiger partial charge in [0.05, 0.1) is 89.9 Å². The Morgan fingerprint density at radius 3 is 1.10 bits per heavy atom. The Bertz CT molecular complexity index is 3660. The number of esters is 1. The first kappa shape index (κ1) is 109. The number of carboxylic acids is 2. The number of ether oxygens (including phenoxy) is 19. The molecule has 9 aliphatic heterocycles. The van der Waals surface area contributed by atoms with Crippen molar-refractivity contribution in [3.63, 3.8) is 0 Å². The number of aliphatic hydroxyl groups is 24. The van der Waals surface area contributed by atoms with E-state index in [1.54, 1.807) is 0 Å². The summed E-state index contributed by atoms with van der Waals surface area (Å²) in [6, 6.07) is -7.78. The number of amides is 4. The van der Waals surface area contributed by atoms with Crippen LogP contribution in [0.1, 0.15) is 80.1 Å². The van der Waals surface area contributed by atoms with Gasteiger partial charge in [0.2, 0.25) is 23.6 Å². The molecule has 756 valence electrons. The smallest absolute Gasteiger partial charge is 0.364 e. The highest BCUT2D eigenvalue weighted by Gasteiger charge is 2.65. The Morgan fingerprint density at radius 1 is 0.366 bits per heavy atom. The molecule has 4 amide bonds. The van der Waals surface area contributed by atoms with Gasteiger partial charge in [0.25, 0.3) is 11.6 Å². The lowest BCUT2D eigenvalue weighted by molar-refractivity contribution is -0.399. The van der Waals surface area contributed by atoms with Gasteiger partial charge in [0.1, 0.15) is 195 Å². The maximum absolute atomic E-state index is 13.8. The predicted octanol–water partition coefficient (Wildman–Crippen LogP) is -17.8. The first-order valence-corrected chi connectivity index (χ1v) is 42.0. The summed E-state index contributed by atoms with van der Waals surface area (Å²) in [5.74, 6) is -15.6. The van der Waals surface area contributed by atoms with E-state index in [0.717, 1.165) is 34.8 Å². The lowest BCUT2D eigenvalue weighted by Crippen LogP contribution is -2.72. The second-order valence-electron chi connectivity index (χ2n) is 33.2. The molecule has 0 saturated carbocycles. The van der Waals surface area contributed by atoms with Gasteiger partial charge in [-0.05, 0) is 26.7 Å². The minimum Gasteiger partial charge on any atom is -0.477 e. The van der Waals surface area contributed by atoms with Crippen LogP contribution < -0.4 is 21.3 Å². The van der Waals surface area contributed by atoms with Crippen LogP contribution in [-0.2, 0) is 124 Å². The number of unbranched alkanes of at least 4 members (excludes halogenated alkanes) is 2. The molecule has 0 aliphatic carbocycles. The minimum absolute atomic E-state index is 0.0446. The largest absolute Gasteiger partial charge is 0.477 e. The average molecular weight is 1910 g/mol. The molecule has 9 fully saturated rings. The minimum atomic E-state index is -3.37. The van der Waals surface area contributed by atoms with E-state index in [9.17, 15) is 166 Å². The molecule has 30 N–H and O–H groups in total. The van der Waals surface area contributed by atoms with Gasteiger partial charge in [0, 0.05) is 53.6 Å². The maximum Gasteiger partial charge on any atom is 0.364 e. The Kier molecular flexibility index (Phi) is 39.9. The number of methoxy groups -OCH3 is 1. The quantitative estimate of drug-likeness (QED) is 0.0200. The van der Waals surface area contributed by atoms with E-state index in [1.807, 2.05) is 0 Å². The first-order valence-electron chi connectivity index (χ1n) is 42.0. The molecule has 0 radical (unpaired) electrons. The summed E-state index contributed by atoms with van der Waals surface area (Å²) in [7, 11) is 1.16. The molecule has 0 bridgehead atoms. The molecule has 9 rings (SSSR count). The van der Waals surface area contributed by atoms with Gasteiger partial charge in [-0.2, -0.15) is 0 Å². The zero-order valence-corrected chi connectivity index (χ0v) is 71.6. The van der Waals surface area contributed by atoms with Crippen LogP contribution in [0, 0.1) is 0 Å². The van der Waals surface area contributed by atoms with Gasteiger partial charge in [-0.3, -0.25) is 24.0 Å². The lowest BCUT2D eigenvalue weighted by atomic mass is 9.88. The molecule has 56 nitrogen and oxygen atoms in total. The fourth-order valence-electron chi connectivity index (χ4n) is 16.7. The highest BCUT2D eigenvalue weighted by Crippen LogP contribution is 2.44. The van der Waals surface area contributed by atoms with Crippen molar-refractivity contribution in [3.05, 3.63) is 0 Å². The van der Waals surface area contributed by atoms with Crippen molar-refractivity contribution in [2.24, 2.45) is 0 Å². The molecule has 0 unspecified atom stereocenters. The summed E-state index contributed by atoms with van der Waals surface area (Å²) in [5, 5.41) is 302. The fraction of sp³-hybridized carbons (Fsp3) is 0.907. The molecule has 9 heterocycles. The van der Waals surface area contributed by atoms with Gasteiger partial charge >= 0.3 is 17.9 Å². The van der Waals surface area contributed by atoms with E-state index in [2.05, 4.69) is 21.3 Å². The SMILES string of the molecule is COC(=O)CCCCCO[C@@H]1O[C@H](CO[C@@H]2O[C@H](CO)[C@@H](O[C@@H]3O[C@H](CO)[C@H](O)[C@H](O[C@]4(C(=O)O)C[C@H](O)[C@@H](NC(C)=O)[C@H]([C@H](O)[C@H](O)CO)O4)[C@H]3O)[C@H](O[C@@H]3O[C@@H](C)[C@@H](O)[C@@H](O)[C@@H]3O)[C@H]2NC(C)=O)[C@H](O[C@@H]2O[C@H](CO)[C@@H](O[C@@H]3O[C@H](CO)[C@H](O)[C@H](O[C@]4(C(=O)O)C[C@H](O)[C@@H](NC(C)=O)[C@H]([C@H](O)[C@H](O)CO)O4)[C@H]3O)[C@H](O[C@@H]3O[C@@H](C)[C@@H](O)[C@@H](O)[C@@H]3O)[C@H]2NC(C)=O)[C@H](O)[C@H]1O. The number of hydrogen-bond donors (Lipinski definition) is 30. The third-order valence-electron chi connectivity index (χ3n) is 23.7. The highest BCUT2D eigenvalue weighted by atomic mass is 16.8. The van der Waals surface area contributed by atoms with Crippen molar-refractivity contribution < 1.29 is 256 Å².